The van der Waals surface area contributed by atoms with Gasteiger partial charge < -0.3 is 0 Å². The highest BCUT2D eigenvalue weighted by Crippen LogP contribution is 2.07. The molecule has 0 spiro atoms. The van der Waals surface area contributed by atoms with Gasteiger partial charge in [0.25, 0.3) is 0 Å². The second-order valence-electron chi connectivity index (χ2n) is 3.44. The monoisotopic (exact) mass is 204 g/mol. The molecular weight excluding hydrogens is 192 g/mol. The molecule has 0 N–H and O–H groups in total. The first-order valence-corrected chi connectivity index (χ1v) is 4.64. The Hall–Kier alpha value is -1.77. The van der Waals surface area contributed by atoms with E-state index in [1.165, 1.54) is 13.8 Å². The van der Waals surface area contributed by atoms with Gasteiger partial charge in [0.15, 0.2) is 11.6 Å². The minimum absolute atomic E-state index is 0.0411. The van der Waals surface area contributed by atoms with Crippen LogP contribution in [-0.2, 0) is 4.79 Å². The molecule has 1 aromatic rings. The third-order valence-electron chi connectivity index (χ3n) is 2.02. The van der Waals surface area contributed by atoms with E-state index in [1.54, 1.807) is 24.3 Å². The zero-order chi connectivity index (χ0) is 11.4. The number of Topliss-reactive ketones (excluding diaryl/α,β-unsaturated/α-hetero) is 3. The zero-order valence-corrected chi connectivity index (χ0v) is 8.74. The summed E-state index contributed by atoms with van der Waals surface area (Å²) in [5.41, 5.74) is 1.03. The van der Waals surface area contributed by atoms with Crippen molar-refractivity contribution in [3.05, 3.63) is 35.4 Å². The van der Waals surface area contributed by atoms with Crippen molar-refractivity contribution < 1.29 is 14.4 Å². The maximum Gasteiger partial charge on any atom is 0.170 e. The minimum atomic E-state index is -0.211. The Morgan fingerprint density at radius 2 is 1.40 bits per heavy atom. The third-order valence-corrected chi connectivity index (χ3v) is 2.02. The highest BCUT2D eigenvalue weighted by Gasteiger charge is 2.08. The maximum absolute atomic E-state index is 11.4. The van der Waals surface area contributed by atoms with Crippen molar-refractivity contribution in [2.75, 3.05) is 0 Å². The summed E-state index contributed by atoms with van der Waals surface area (Å²) in [6, 6.07) is 6.33. The fourth-order valence-corrected chi connectivity index (χ4v) is 1.22. The summed E-state index contributed by atoms with van der Waals surface area (Å²) in [5, 5.41) is 0. The van der Waals surface area contributed by atoms with Crippen LogP contribution in [0.2, 0.25) is 0 Å². The molecule has 0 bridgehead atoms. The first-order chi connectivity index (χ1) is 7.00. The van der Waals surface area contributed by atoms with Gasteiger partial charge in [-0.3, -0.25) is 14.4 Å². The van der Waals surface area contributed by atoms with Gasteiger partial charge in [0.05, 0.1) is 6.42 Å². The Balaban J connectivity index is 2.84. The summed E-state index contributed by atoms with van der Waals surface area (Å²) in [7, 11) is 0. The summed E-state index contributed by atoms with van der Waals surface area (Å²) in [6.45, 7) is 2.84. The van der Waals surface area contributed by atoms with Crippen molar-refractivity contribution in [1.29, 1.82) is 0 Å². The molecule has 0 aliphatic heterocycles. The Labute approximate surface area is 88.1 Å². The fourth-order valence-electron chi connectivity index (χ4n) is 1.22. The van der Waals surface area contributed by atoms with Crippen LogP contribution < -0.4 is 0 Å². The van der Waals surface area contributed by atoms with Gasteiger partial charge in [-0.2, -0.15) is 0 Å². The van der Waals surface area contributed by atoms with Crippen molar-refractivity contribution in [2.24, 2.45) is 0 Å². The Morgan fingerprint density at radius 3 is 1.80 bits per heavy atom. The molecule has 3 heteroatoms. The van der Waals surface area contributed by atoms with Crippen LogP contribution >= 0.6 is 0 Å². The lowest BCUT2D eigenvalue weighted by Crippen LogP contribution is -2.05. The average molecular weight is 204 g/mol. The summed E-state index contributed by atoms with van der Waals surface area (Å²) in [6.07, 6.45) is -0.0839. The Kier molecular flexibility index (Phi) is 3.50. The molecule has 78 valence electrons. The maximum atomic E-state index is 11.4. The number of rotatable bonds is 4. The highest BCUT2D eigenvalue weighted by atomic mass is 16.1. The number of benzene rings is 1. The molecule has 0 unspecified atom stereocenters. The van der Waals surface area contributed by atoms with Crippen molar-refractivity contribution in [2.45, 2.75) is 20.3 Å². The van der Waals surface area contributed by atoms with Crippen LogP contribution in [-0.4, -0.2) is 17.3 Å². The van der Waals surface area contributed by atoms with Crippen molar-refractivity contribution >= 4 is 17.3 Å². The van der Waals surface area contributed by atoms with Crippen LogP contribution in [0, 0.1) is 0 Å². The molecule has 0 heterocycles. The molecule has 3 nitrogen and oxygen atoms in total. The van der Waals surface area contributed by atoms with Crippen LogP contribution in [0.25, 0.3) is 0 Å². The van der Waals surface area contributed by atoms with Gasteiger partial charge in [-0.05, 0) is 13.8 Å². The van der Waals surface area contributed by atoms with Crippen molar-refractivity contribution in [1.82, 2.24) is 0 Å². The van der Waals surface area contributed by atoms with E-state index in [9.17, 15) is 14.4 Å². The van der Waals surface area contributed by atoms with E-state index < -0.39 is 0 Å². The molecule has 0 amide bonds. The third kappa shape index (κ3) is 3.13. The first-order valence-electron chi connectivity index (χ1n) is 4.64. The molecule has 1 aromatic carbocycles. The van der Waals surface area contributed by atoms with E-state index in [2.05, 4.69) is 0 Å². The van der Waals surface area contributed by atoms with E-state index in [4.69, 9.17) is 0 Å². The molecule has 15 heavy (non-hydrogen) atoms. The second-order valence-corrected chi connectivity index (χ2v) is 3.44. The van der Waals surface area contributed by atoms with Gasteiger partial charge in [-0.25, -0.2) is 0 Å². The Morgan fingerprint density at radius 1 is 0.933 bits per heavy atom. The van der Waals surface area contributed by atoms with Gasteiger partial charge in [-0.15, -0.1) is 0 Å². The molecule has 0 radical (unpaired) electrons. The number of carbonyl (C=O) groups is 3. The van der Waals surface area contributed by atoms with Crippen LogP contribution in [0.5, 0.6) is 0 Å². The van der Waals surface area contributed by atoms with Crippen molar-refractivity contribution in [3.63, 3.8) is 0 Å². The minimum Gasteiger partial charge on any atom is -0.300 e. The van der Waals surface area contributed by atoms with Crippen LogP contribution in [0.3, 0.4) is 0 Å². The van der Waals surface area contributed by atoms with Crippen LogP contribution in [0.1, 0.15) is 41.0 Å². The molecule has 1 rings (SSSR count). The van der Waals surface area contributed by atoms with E-state index in [-0.39, 0.29) is 23.8 Å². The summed E-state index contributed by atoms with van der Waals surface area (Å²) < 4.78 is 0. The molecule has 0 aliphatic rings. The molecule has 0 saturated carbocycles. The highest BCUT2D eigenvalue weighted by molar-refractivity contribution is 6.07. The molecular formula is C12H12O3. The molecule has 0 saturated heterocycles. The molecule has 0 aliphatic carbocycles. The van der Waals surface area contributed by atoms with E-state index >= 15 is 0 Å². The SMILES string of the molecule is CC(=O)CC(=O)c1ccc(C(C)=O)cc1. The fraction of sp³-hybridized carbons (Fsp3) is 0.250. The molecule has 0 atom stereocenters. The lowest BCUT2D eigenvalue weighted by atomic mass is 10.0. The van der Waals surface area contributed by atoms with Gasteiger partial charge in [0.2, 0.25) is 0 Å². The Bertz CT molecular complexity index is 401. The van der Waals surface area contributed by atoms with Gasteiger partial charge in [0, 0.05) is 11.1 Å². The van der Waals surface area contributed by atoms with Crippen LogP contribution in [0.15, 0.2) is 24.3 Å². The number of carbonyl (C=O) groups excluding carboxylic acids is 3. The normalized spacial score (nSPS) is 9.73. The standard InChI is InChI=1S/C12H12O3/c1-8(13)7-12(15)11-5-3-10(4-6-11)9(2)14/h3-6H,7H2,1-2H3. The lowest BCUT2D eigenvalue weighted by molar-refractivity contribution is -0.116. The lowest BCUT2D eigenvalue weighted by Gasteiger charge is -1.99. The van der Waals surface area contributed by atoms with Gasteiger partial charge >= 0.3 is 0 Å². The number of hydrogen-bond acceptors (Lipinski definition) is 3. The van der Waals surface area contributed by atoms with Gasteiger partial charge in [-0.1, -0.05) is 24.3 Å². The van der Waals surface area contributed by atoms with Crippen molar-refractivity contribution in [3.8, 4) is 0 Å². The predicted molar refractivity (Wildman–Crippen MR) is 56.1 cm³/mol. The average Bonchev–Trinajstić information content (AvgIpc) is 2.17. The first kappa shape index (κ1) is 11.3. The summed E-state index contributed by atoms with van der Waals surface area (Å²) in [5.74, 6) is -0.409. The van der Waals surface area contributed by atoms with E-state index in [0.717, 1.165) is 0 Å². The number of hydrogen-bond donors (Lipinski definition) is 0. The topological polar surface area (TPSA) is 51.2 Å². The van der Waals surface area contributed by atoms with E-state index in [1.807, 2.05) is 0 Å². The smallest absolute Gasteiger partial charge is 0.170 e. The quantitative estimate of drug-likeness (QED) is 0.557. The molecule has 0 aromatic heterocycles. The molecule has 0 fully saturated rings. The van der Waals surface area contributed by atoms with Gasteiger partial charge in [0.1, 0.15) is 5.78 Å². The largest absolute Gasteiger partial charge is 0.300 e. The predicted octanol–water partition coefficient (Wildman–Crippen LogP) is 2.05. The summed E-state index contributed by atoms with van der Waals surface area (Å²) in [4.78, 5) is 33.1. The second kappa shape index (κ2) is 4.64. The van der Waals surface area contributed by atoms with Crippen LogP contribution in [0.4, 0.5) is 0 Å². The summed E-state index contributed by atoms with van der Waals surface area (Å²) >= 11 is 0. The van der Waals surface area contributed by atoms with E-state index in [0.29, 0.717) is 11.1 Å². The number of ketones is 3. The zero-order valence-electron chi connectivity index (χ0n) is 8.74.